The molecule has 4 rings (SSSR count). The van der Waals surface area contributed by atoms with Crippen molar-refractivity contribution in [2.24, 2.45) is 0 Å². The molecule has 3 heterocycles. The topological polar surface area (TPSA) is 100 Å². The zero-order valence-corrected chi connectivity index (χ0v) is 21.1. The first-order chi connectivity index (χ1) is 17.4. The Morgan fingerprint density at radius 3 is 2.61 bits per heavy atom. The predicted molar refractivity (Wildman–Crippen MR) is 137 cm³/mol. The summed E-state index contributed by atoms with van der Waals surface area (Å²) >= 11 is 0. The number of carbonyl (C=O) groups excluding carboxylic acids is 2. The van der Waals surface area contributed by atoms with E-state index in [0.29, 0.717) is 11.8 Å². The first kappa shape index (κ1) is 25.6. The van der Waals surface area contributed by atoms with Gasteiger partial charge in [0.2, 0.25) is 11.9 Å². The third-order valence-corrected chi connectivity index (χ3v) is 6.80. The number of cyclic esters (lactones) is 1. The highest BCUT2D eigenvalue weighted by Crippen LogP contribution is 2.26. The summed E-state index contributed by atoms with van der Waals surface area (Å²) in [5.74, 6) is 0.903. The highest BCUT2D eigenvalue weighted by atomic mass is 16.6. The largest absolute Gasteiger partial charge is 0.447 e. The Labute approximate surface area is 211 Å². The number of rotatable bonds is 9. The van der Waals surface area contributed by atoms with Crippen molar-refractivity contribution >= 4 is 23.8 Å². The van der Waals surface area contributed by atoms with E-state index in [-0.39, 0.29) is 30.7 Å². The summed E-state index contributed by atoms with van der Waals surface area (Å²) < 4.78 is 10.6. The average Bonchev–Trinajstić information content (AvgIpc) is 3.30. The molecule has 192 valence electrons. The molecule has 10 nitrogen and oxygen atoms in total. The lowest BCUT2D eigenvalue weighted by Gasteiger charge is -2.34. The second kappa shape index (κ2) is 11.5. The molecule has 0 aliphatic carbocycles. The van der Waals surface area contributed by atoms with E-state index in [0.717, 1.165) is 38.3 Å². The van der Waals surface area contributed by atoms with Crippen molar-refractivity contribution in [3.8, 4) is 0 Å². The van der Waals surface area contributed by atoms with Gasteiger partial charge in [0, 0.05) is 46.0 Å². The maximum Gasteiger partial charge on any atom is 0.416 e. The minimum Gasteiger partial charge on any atom is -0.447 e. The molecule has 0 spiro atoms. The lowest BCUT2D eigenvalue weighted by Crippen LogP contribution is -2.47. The second-order valence-corrected chi connectivity index (χ2v) is 9.11. The van der Waals surface area contributed by atoms with Crippen LogP contribution >= 0.6 is 0 Å². The number of piperazine rings is 1. The van der Waals surface area contributed by atoms with Gasteiger partial charge in [-0.1, -0.05) is 30.8 Å². The molecule has 1 unspecified atom stereocenters. The van der Waals surface area contributed by atoms with E-state index in [2.05, 4.69) is 51.0 Å². The number of carbonyl (C=O) groups is 2. The van der Waals surface area contributed by atoms with E-state index >= 15 is 0 Å². The van der Waals surface area contributed by atoms with Gasteiger partial charge in [0.25, 0.3) is 0 Å². The third kappa shape index (κ3) is 5.83. The van der Waals surface area contributed by atoms with Crippen LogP contribution in [0.5, 0.6) is 0 Å². The van der Waals surface area contributed by atoms with Gasteiger partial charge in [0.1, 0.15) is 18.5 Å². The SMILES string of the molecule is C=CC(=O)N1CCN(Cc2ccc([C@H](C)Nc3nccc(N4C(=O)OCC4[C@H](C)OC)n3)cc2)CC1. The van der Waals surface area contributed by atoms with Gasteiger partial charge in [-0.3, -0.25) is 14.6 Å². The molecule has 0 bridgehead atoms. The number of amides is 2. The predicted octanol–water partition coefficient (Wildman–Crippen LogP) is 2.84. The van der Waals surface area contributed by atoms with Crippen LogP contribution < -0.4 is 10.2 Å². The zero-order chi connectivity index (χ0) is 25.7. The van der Waals surface area contributed by atoms with Gasteiger partial charge in [-0.15, -0.1) is 0 Å². The van der Waals surface area contributed by atoms with Crippen LogP contribution in [0.15, 0.2) is 49.2 Å². The molecule has 2 aromatic rings. The summed E-state index contributed by atoms with van der Waals surface area (Å²) in [5, 5.41) is 3.33. The van der Waals surface area contributed by atoms with Crippen molar-refractivity contribution in [3.05, 3.63) is 60.3 Å². The number of hydrogen-bond acceptors (Lipinski definition) is 8. The van der Waals surface area contributed by atoms with Crippen molar-refractivity contribution in [3.63, 3.8) is 0 Å². The molecule has 2 amide bonds. The Hall–Kier alpha value is -3.50. The van der Waals surface area contributed by atoms with E-state index in [1.807, 2.05) is 18.7 Å². The molecule has 3 atom stereocenters. The number of benzene rings is 1. The molecular formula is C26H34N6O4. The van der Waals surface area contributed by atoms with Crippen LogP contribution in [0, 0.1) is 0 Å². The Bertz CT molecular complexity index is 1070. The van der Waals surface area contributed by atoms with E-state index in [1.54, 1.807) is 19.4 Å². The average molecular weight is 495 g/mol. The molecule has 10 heteroatoms. The second-order valence-electron chi connectivity index (χ2n) is 9.11. The summed E-state index contributed by atoms with van der Waals surface area (Å²) in [6.45, 7) is 11.8. The van der Waals surface area contributed by atoms with Crippen molar-refractivity contribution < 1.29 is 19.1 Å². The van der Waals surface area contributed by atoms with E-state index in [4.69, 9.17) is 9.47 Å². The monoisotopic (exact) mass is 494 g/mol. The third-order valence-electron chi connectivity index (χ3n) is 6.80. The molecule has 2 saturated heterocycles. The number of anilines is 2. The summed E-state index contributed by atoms with van der Waals surface area (Å²) in [6, 6.07) is 9.86. The Morgan fingerprint density at radius 2 is 1.94 bits per heavy atom. The van der Waals surface area contributed by atoms with Crippen LogP contribution in [-0.2, 0) is 20.8 Å². The van der Waals surface area contributed by atoms with Crippen LogP contribution in [0.1, 0.15) is 31.0 Å². The number of nitrogens with zero attached hydrogens (tertiary/aromatic N) is 5. The van der Waals surface area contributed by atoms with E-state index in [1.165, 1.54) is 16.5 Å². The summed E-state index contributed by atoms with van der Waals surface area (Å²) in [6.07, 6.45) is 2.37. The maximum atomic E-state index is 12.3. The molecule has 2 fully saturated rings. The number of ether oxygens (including phenoxy) is 2. The molecule has 0 saturated carbocycles. The van der Waals surface area contributed by atoms with Crippen LogP contribution in [0.3, 0.4) is 0 Å². The first-order valence-electron chi connectivity index (χ1n) is 12.2. The Morgan fingerprint density at radius 1 is 1.22 bits per heavy atom. The minimum atomic E-state index is -0.439. The molecule has 1 aromatic carbocycles. The van der Waals surface area contributed by atoms with Crippen LogP contribution in [0.4, 0.5) is 16.6 Å². The number of aromatic nitrogens is 2. The van der Waals surface area contributed by atoms with Crippen molar-refractivity contribution in [2.45, 2.75) is 38.6 Å². The molecular weight excluding hydrogens is 460 g/mol. The molecule has 1 aromatic heterocycles. The fourth-order valence-corrected chi connectivity index (χ4v) is 4.46. The van der Waals surface area contributed by atoms with Crippen LogP contribution in [0.25, 0.3) is 0 Å². The smallest absolute Gasteiger partial charge is 0.416 e. The fraction of sp³-hybridized carbons (Fsp3) is 0.462. The fourth-order valence-electron chi connectivity index (χ4n) is 4.46. The standard InChI is InChI=1S/C26H34N6O4/c1-5-24(33)31-14-12-30(13-15-31)16-20-6-8-21(9-7-20)18(2)28-25-27-11-10-23(29-25)32-22(19(3)35-4)17-36-26(32)34/h5-11,18-19,22H,1,12-17H2,2-4H3,(H,27,28,29)/t18-,19-,22?/m0/s1. The van der Waals surface area contributed by atoms with Gasteiger partial charge in [-0.05, 0) is 37.1 Å². The molecule has 0 radical (unpaired) electrons. The highest BCUT2D eigenvalue weighted by Gasteiger charge is 2.39. The summed E-state index contributed by atoms with van der Waals surface area (Å²) in [4.78, 5) is 38.7. The van der Waals surface area contributed by atoms with Crippen LogP contribution in [0.2, 0.25) is 0 Å². The van der Waals surface area contributed by atoms with Gasteiger partial charge in [-0.25, -0.2) is 9.78 Å². The van der Waals surface area contributed by atoms with Crippen molar-refractivity contribution in [1.82, 2.24) is 19.8 Å². The zero-order valence-electron chi connectivity index (χ0n) is 21.1. The van der Waals surface area contributed by atoms with Gasteiger partial charge in [0.05, 0.1) is 12.1 Å². The van der Waals surface area contributed by atoms with Gasteiger partial charge >= 0.3 is 6.09 Å². The molecule has 36 heavy (non-hydrogen) atoms. The quantitative estimate of drug-likeness (QED) is 0.532. The normalized spacial score (nSPS) is 20.1. The van der Waals surface area contributed by atoms with Crippen molar-refractivity contribution in [1.29, 1.82) is 0 Å². The minimum absolute atomic E-state index is 0.000258. The molecule has 2 aliphatic heterocycles. The van der Waals surface area contributed by atoms with Gasteiger partial charge in [-0.2, -0.15) is 4.98 Å². The van der Waals surface area contributed by atoms with Crippen LogP contribution in [-0.4, -0.2) is 83.8 Å². The van der Waals surface area contributed by atoms with E-state index < -0.39 is 6.09 Å². The summed E-state index contributed by atoms with van der Waals surface area (Å²) in [5.41, 5.74) is 2.32. The lowest BCUT2D eigenvalue weighted by atomic mass is 10.1. The molecule has 2 aliphatic rings. The van der Waals surface area contributed by atoms with Crippen molar-refractivity contribution in [2.75, 3.05) is 50.1 Å². The number of methoxy groups -OCH3 is 1. The number of hydrogen-bond donors (Lipinski definition) is 1. The summed E-state index contributed by atoms with van der Waals surface area (Å²) in [7, 11) is 1.61. The highest BCUT2D eigenvalue weighted by molar-refractivity contribution is 5.89. The van der Waals surface area contributed by atoms with Gasteiger partial charge < -0.3 is 19.7 Å². The Kier molecular flexibility index (Phi) is 8.17. The lowest BCUT2D eigenvalue weighted by molar-refractivity contribution is -0.127. The van der Waals surface area contributed by atoms with E-state index in [9.17, 15) is 9.59 Å². The molecule has 1 N–H and O–H groups in total. The number of nitrogens with one attached hydrogen (secondary N) is 1. The first-order valence-corrected chi connectivity index (χ1v) is 12.2. The maximum absolute atomic E-state index is 12.3. The van der Waals surface area contributed by atoms with Gasteiger partial charge in [0.15, 0.2) is 0 Å². The Balaban J connectivity index is 1.35.